The van der Waals surface area contributed by atoms with E-state index < -0.39 is 17.8 Å². The van der Waals surface area contributed by atoms with Crippen molar-refractivity contribution in [3.63, 3.8) is 0 Å². The largest absolute Gasteiger partial charge is 0.434 e. The molecular weight excluding hydrogens is 422 g/mol. The summed E-state index contributed by atoms with van der Waals surface area (Å²) in [6, 6.07) is 1.32. The Kier molecular flexibility index (Phi) is 5.79. The highest BCUT2D eigenvalue weighted by Crippen LogP contribution is 2.45. The molecule has 1 fully saturated rings. The molecule has 1 aromatic heterocycles. The quantitative estimate of drug-likeness (QED) is 0.732. The third-order valence-corrected chi connectivity index (χ3v) is 5.00. The van der Waals surface area contributed by atoms with Crippen molar-refractivity contribution in [3.05, 3.63) is 39.0 Å². The number of aryl methyl sites for hydroxylation is 1. The number of aromatic nitrogens is 2. The standard InChI is InChI=1S/C17H16Cl2F3N3O3/c1-8-5-13(24-25(8)16(23)26)28-15-12(18)7-11(17(20,21)22)10(14(15)19)6-9-3-2-4-27-9/h5,7,9H,2-4,6H2,1H3,(H2,23,26). The van der Waals surface area contributed by atoms with Gasteiger partial charge in [-0.1, -0.05) is 23.2 Å². The summed E-state index contributed by atoms with van der Waals surface area (Å²) in [5, 5.41) is 3.24. The van der Waals surface area contributed by atoms with E-state index in [-0.39, 0.29) is 39.8 Å². The molecule has 0 spiro atoms. The molecule has 1 aliphatic rings. The number of nitrogens with two attached hydrogens (primary N) is 1. The van der Waals surface area contributed by atoms with E-state index in [1.54, 1.807) is 6.92 Å². The van der Waals surface area contributed by atoms with E-state index in [1.165, 1.54) is 6.07 Å². The minimum Gasteiger partial charge on any atom is -0.434 e. The van der Waals surface area contributed by atoms with Gasteiger partial charge >= 0.3 is 12.2 Å². The third kappa shape index (κ3) is 4.21. The van der Waals surface area contributed by atoms with Gasteiger partial charge in [-0.3, -0.25) is 0 Å². The zero-order valence-electron chi connectivity index (χ0n) is 14.6. The Labute approximate surface area is 168 Å². The normalized spacial score (nSPS) is 17.1. The average Bonchev–Trinajstić information content (AvgIpc) is 3.22. The van der Waals surface area contributed by atoms with Gasteiger partial charge in [-0.05, 0) is 31.4 Å². The van der Waals surface area contributed by atoms with Crippen LogP contribution in [0.3, 0.4) is 0 Å². The smallest absolute Gasteiger partial charge is 0.416 e. The Morgan fingerprint density at radius 3 is 2.68 bits per heavy atom. The van der Waals surface area contributed by atoms with Gasteiger partial charge in [-0.15, -0.1) is 5.10 Å². The maximum Gasteiger partial charge on any atom is 0.416 e. The number of carbonyl (C=O) groups is 1. The van der Waals surface area contributed by atoms with Crippen molar-refractivity contribution in [2.45, 2.75) is 38.5 Å². The van der Waals surface area contributed by atoms with E-state index >= 15 is 0 Å². The highest BCUT2D eigenvalue weighted by atomic mass is 35.5. The minimum absolute atomic E-state index is 0.0318. The average molecular weight is 438 g/mol. The molecule has 6 nitrogen and oxygen atoms in total. The molecule has 28 heavy (non-hydrogen) atoms. The summed E-state index contributed by atoms with van der Waals surface area (Å²) in [6.45, 7) is 2.05. The molecule has 1 atom stereocenters. The van der Waals surface area contributed by atoms with Crippen LogP contribution in [0.15, 0.2) is 12.1 Å². The molecule has 1 aliphatic heterocycles. The molecule has 2 aromatic rings. The third-order valence-electron chi connectivity index (χ3n) is 4.32. The summed E-state index contributed by atoms with van der Waals surface area (Å²) in [4.78, 5) is 11.3. The highest BCUT2D eigenvalue weighted by Gasteiger charge is 2.37. The lowest BCUT2D eigenvalue weighted by Crippen LogP contribution is -2.21. The van der Waals surface area contributed by atoms with Crippen LogP contribution in [0.2, 0.25) is 10.0 Å². The second kappa shape index (κ2) is 7.81. The molecule has 11 heteroatoms. The number of nitrogens with zero attached hydrogens (tertiary/aromatic N) is 2. The summed E-state index contributed by atoms with van der Waals surface area (Å²) >= 11 is 12.3. The van der Waals surface area contributed by atoms with Crippen LogP contribution < -0.4 is 10.5 Å². The van der Waals surface area contributed by atoms with Gasteiger partial charge in [-0.25, -0.2) is 4.79 Å². The van der Waals surface area contributed by atoms with Crippen LogP contribution in [0, 0.1) is 6.92 Å². The van der Waals surface area contributed by atoms with Crippen molar-refractivity contribution >= 4 is 29.2 Å². The van der Waals surface area contributed by atoms with Gasteiger partial charge in [0.25, 0.3) is 0 Å². The zero-order valence-corrected chi connectivity index (χ0v) is 16.2. The number of rotatable bonds is 4. The highest BCUT2D eigenvalue weighted by molar-refractivity contribution is 6.37. The van der Waals surface area contributed by atoms with E-state index in [0.29, 0.717) is 18.7 Å². The second-order valence-corrected chi connectivity index (χ2v) is 7.13. The van der Waals surface area contributed by atoms with Gasteiger partial charge in [0, 0.05) is 19.1 Å². The topological polar surface area (TPSA) is 79.4 Å². The van der Waals surface area contributed by atoms with E-state index in [0.717, 1.165) is 17.2 Å². The first kappa shape index (κ1) is 20.8. The van der Waals surface area contributed by atoms with Crippen molar-refractivity contribution in [1.29, 1.82) is 0 Å². The van der Waals surface area contributed by atoms with Crippen molar-refractivity contribution in [2.24, 2.45) is 5.73 Å². The van der Waals surface area contributed by atoms with Crippen LogP contribution >= 0.6 is 23.2 Å². The fourth-order valence-electron chi connectivity index (χ4n) is 3.04. The number of amides is 1. The second-order valence-electron chi connectivity index (χ2n) is 6.34. The van der Waals surface area contributed by atoms with Gasteiger partial charge < -0.3 is 15.2 Å². The van der Waals surface area contributed by atoms with E-state index in [1.807, 2.05) is 0 Å². The molecule has 0 saturated carbocycles. The number of primary amides is 1. The number of carbonyl (C=O) groups excluding carboxylic acids is 1. The van der Waals surface area contributed by atoms with Gasteiger partial charge in [-0.2, -0.15) is 17.9 Å². The first-order chi connectivity index (χ1) is 13.1. The molecule has 0 aliphatic carbocycles. The predicted molar refractivity (Wildman–Crippen MR) is 96.2 cm³/mol. The molecular formula is C17H16Cl2F3N3O3. The SMILES string of the molecule is Cc1cc(Oc2c(Cl)cc(C(F)(F)F)c(CC3CCCO3)c2Cl)nn1C(N)=O. The predicted octanol–water partition coefficient (Wildman–Crippen LogP) is 4.96. The van der Waals surface area contributed by atoms with Crippen molar-refractivity contribution in [2.75, 3.05) is 6.61 Å². The summed E-state index contributed by atoms with van der Waals surface area (Å²) in [5.41, 5.74) is 4.45. The Morgan fingerprint density at radius 1 is 1.43 bits per heavy atom. The van der Waals surface area contributed by atoms with Crippen molar-refractivity contribution in [1.82, 2.24) is 9.78 Å². The number of ether oxygens (including phenoxy) is 2. The van der Waals surface area contributed by atoms with Crippen LogP contribution in [0.5, 0.6) is 11.6 Å². The lowest BCUT2D eigenvalue weighted by Gasteiger charge is -2.20. The van der Waals surface area contributed by atoms with Crippen LogP contribution in [-0.4, -0.2) is 28.5 Å². The summed E-state index contributed by atoms with van der Waals surface area (Å²) in [6.07, 6.45) is -3.65. The molecule has 1 amide bonds. The Hall–Kier alpha value is -1.97. The molecule has 1 unspecified atom stereocenters. The Morgan fingerprint density at radius 2 is 2.14 bits per heavy atom. The van der Waals surface area contributed by atoms with Crippen molar-refractivity contribution < 1.29 is 27.4 Å². The first-order valence-electron chi connectivity index (χ1n) is 8.32. The summed E-state index contributed by atoms with van der Waals surface area (Å²) < 4.78 is 52.4. The number of hydrogen-bond donors (Lipinski definition) is 1. The number of hydrogen-bond acceptors (Lipinski definition) is 4. The Bertz CT molecular complexity index is 909. The molecule has 1 aromatic carbocycles. The van der Waals surface area contributed by atoms with E-state index in [9.17, 15) is 18.0 Å². The number of alkyl halides is 3. The maximum absolute atomic E-state index is 13.5. The number of benzene rings is 1. The van der Waals surface area contributed by atoms with Crippen molar-refractivity contribution in [3.8, 4) is 11.6 Å². The molecule has 0 radical (unpaired) electrons. The molecule has 0 bridgehead atoms. The summed E-state index contributed by atoms with van der Waals surface area (Å²) in [5.74, 6) is -0.263. The molecule has 2 heterocycles. The van der Waals surface area contributed by atoms with Gasteiger partial charge in [0.1, 0.15) is 0 Å². The molecule has 2 N–H and O–H groups in total. The molecule has 1 saturated heterocycles. The lowest BCUT2D eigenvalue weighted by atomic mass is 9.99. The fraction of sp³-hybridized carbons (Fsp3) is 0.412. The Balaban J connectivity index is 2.03. The van der Waals surface area contributed by atoms with Gasteiger partial charge in [0.05, 0.1) is 27.4 Å². The van der Waals surface area contributed by atoms with Crippen LogP contribution in [0.1, 0.15) is 29.7 Å². The van der Waals surface area contributed by atoms with Gasteiger partial charge in [0.2, 0.25) is 5.88 Å². The lowest BCUT2D eigenvalue weighted by molar-refractivity contribution is -0.138. The van der Waals surface area contributed by atoms with Crippen LogP contribution in [0.4, 0.5) is 18.0 Å². The van der Waals surface area contributed by atoms with E-state index in [2.05, 4.69) is 5.10 Å². The first-order valence-corrected chi connectivity index (χ1v) is 9.07. The van der Waals surface area contributed by atoms with Gasteiger partial charge in [0.15, 0.2) is 5.75 Å². The molecule has 3 rings (SSSR count). The maximum atomic E-state index is 13.5. The molecule has 152 valence electrons. The number of halogens is 5. The summed E-state index contributed by atoms with van der Waals surface area (Å²) in [7, 11) is 0. The van der Waals surface area contributed by atoms with E-state index in [4.69, 9.17) is 38.4 Å². The van der Waals surface area contributed by atoms with Crippen LogP contribution in [-0.2, 0) is 17.3 Å². The monoisotopic (exact) mass is 437 g/mol. The zero-order chi connectivity index (χ0) is 20.6. The fourth-order valence-corrected chi connectivity index (χ4v) is 3.65. The van der Waals surface area contributed by atoms with Crippen LogP contribution in [0.25, 0.3) is 0 Å². The minimum atomic E-state index is -4.65.